The smallest absolute Gasteiger partial charge is 0.166 e. The molecule has 0 spiro atoms. The molecule has 0 saturated heterocycles. The molecule has 0 saturated carbocycles. The van der Waals surface area contributed by atoms with E-state index in [9.17, 15) is 0 Å². The lowest BCUT2D eigenvalue weighted by atomic mass is 10.0. The third-order valence-electron chi connectivity index (χ3n) is 3.77. The van der Waals surface area contributed by atoms with Gasteiger partial charge in [0.25, 0.3) is 0 Å². The van der Waals surface area contributed by atoms with Crippen molar-refractivity contribution in [2.75, 3.05) is 13.7 Å². The fourth-order valence-corrected chi connectivity index (χ4v) is 2.68. The minimum Gasteiger partial charge on any atom is -0.497 e. The van der Waals surface area contributed by atoms with E-state index in [0.717, 1.165) is 25.1 Å². The predicted octanol–water partition coefficient (Wildman–Crippen LogP) is 3.85. The number of hydrogen-bond donors (Lipinski definition) is 2. The first-order valence-electron chi connectivity index (χ1n) is 7.95. The van der Waals surface area contributed by atoms with Gasteiger partial charge in [0.2, 0.25) is 0 Å². The molecule has 2 aromatic rings. The first-order chi connectivity index (χ1) is 11.2. The van der Waals surface area contributed by atoms with Crippen molar-refractivity contribution in [2.45, 2.75) is 25.8 Å². The fourth-order valence-electron chi connectivity index (χ4n) is 2.43. The summed E-state index contributed by atoms with van der Waals surface area (Å²) in [6.07, 6.45) is 1.93. The molecule has 0 unspecified atom stereocenters. The number of benzene rings is 2. The highest BCUT2D eigenvalue weighted by Gasteiger charge is 2.10. The maximum absolute atomic E-state index is 5.41. The molecule has 0 aromatic heterocycles. The van der Waals surface area contributed by atoms with Gasteiger partial charge in [-0.3, -0.25) is 0 Å². The van der Waals surface area contributed by atoms with Crippen LogP contribution in [-0.4, -0.2) is 18.8 Å². The lowest BCUT2D eigenvalue weighted by Gasteiger charge is -2.20. The summed E-state index contributed by atoms with van der Waals surface area (Å²) in [5.41, 5.74) is 2.52. The van der Waals surface area contributed by atoms with Crippen molar-refractivity contribution >= 4 is 17.3 Å². The summed E-state index contributed by atoms with van der Waals surface area (Å²) in [6, 6.07) is 18.7. The van der Waals surface area contributed by atoms with Crippen LogP contribution in [0.5, 0.6) is 5.75 Å². The number of methoxy groups -OCH3 is 1. The van der Waals surface area contributed by atoms with E-state index in [0.29, 0.717) is 5.11 Å². The molecule has 4 heteroatoms. The van der Waals surface area contributed by atoms with Gasteiger partial charge in [-0.1, -0.05) is 49.4 Å². The third-order valence-corrected chi connectivity index (χ3v) is 4.04. The van der Waals surface area contributed by atoms with E-state index < -0.39 is 0 Å². The highest BCUT2D eigenvalue weighted by atomic mass is 32.1. The Labute approximate surface area is 144 Å². The molecular formula is C19H24N2OS. The zero-order valence-corrected chi connectivity index (χ0v) is 14.5. The van der Waals surface area contributed by atoms with Crippen LogP contribution in [0, 0.1) is 0 Å². The quantitative estimate of drug-likeness (QED) is 0.756. The fraction of sp³-hybridized carbons (Fsp3) is 0.316. The second-order valence-electron chi connectivity index (χ2n) is 5.37. The molecule has 0 amide bonds. The summed E-state index contributed by atoms with van der Waals surface area (Å²) in [4.78, 5) is 0. The number of hydrogen-bond acceptors (Lipinski definition) is 2. The molecular weight excluding hydrogens is 304 g/mol. The second kappa shape index (κ2) is 9.16. The van der Waals surface area contributed by atoms with Crippen molar-refractivity contribution in [3.8, 4) is 5.75 Å². The van der Waals surface area contributed by atoms with Crippen LogP contribution in [0.25, 0.3) is 0 Å². The van der Waals surface area contributed by atoms with Gasteiger partial charge in [0.1, 0.15) is 5.75 Å². The number of rotatable bonds is 7. The minimum absolute atomic E-state index is 0.206. The van der Waals surface area contributed by atoms with Crippen molar-refractivity contribution in [2.24, 2.45) is 0 Å². The summed E-state index contributed by atoms with van der Waals surface area (Å²) >= 11 is 5.41. The first kappa shape index (κ1) is 17.3. The zero-order valence-electron chi connectivity index (χ0n) is 13.7. The van der Waals surface area contributed by atoms with Crippen LogP contribution in [0.4, 0.5) is 0 Å². The Balaban J connectivity index is 1.82. The molecule has 2 aromatic carbocycles. The summed E-state index contributed by atoms with van der Waals surface area (Å²) in [5, 5.41) is 7.37. The van der Waals surface area contributed by atoms with Crippen LogP contribution in [0.1, 0.15) is 30.5 Å². The van der Waals surface area contributed by atoms with Crippen LogP contribution < -0.4 is 15.4 Å². The number of nitrogens with one attached hydrogen (secondary N) is 2. The Morgan fingerprint density at radius 3 is 2.39 bits per heavy atom. The van der Waals surface area contributed by atoms with Crippen molar-refractivity contribution in [3.63, 3.8) is 0 Å². The Bertz CT molecular complexity index is 599. The lowest BCUT2D eigenvalue weighted by Crippen LogP contribution is -2.38. The Kier molecular flexibility index (Phi) is 6.88. The summed E-state index contributed by atoms with van der Waals surface area (Å²) in [5.74, 6) is 0.868. The number of ether oxygens (including phenoxy) is 1. The highest BCUT2D eigenvalue weighted by Crippen LogP contribution is 2.19. The van der Waals surface area contributed by atoms with Gasteiger partial charge >= 0.3 is 0 Å². The summed E-state index contributed by atoms with van der Waals surface area (Å²) < 4.78 is 5.20. The third kappa shape index (κ3) is 5.57. The molecule has 1 atom stereocenters. The topological polar surface area (TPSA) is 33.3 Å². The monoisotopic (exact) mass is 328 g/mol. The van der Waals surface area contributed by atoms with Gasteiger partial charge < -0.3 is 15.4 Å². The van der Waals surface area contributed by atoms with Crippen LogP contribution in [0.3, 0.4) is 0 Å². The average Bonchev–Trinajstić information content (AvgIpc) is 2.61. The van der Waals surface area contributed by atoms with E-state index in [-0.39, 0.29) is 6.04 Å². The van der Waals surface area contributed by atoms with Gasteiger partial charge in [-0.05, 0) is 48.3 Å². The van der Waals surface area contributed by atoms with Gasteiger partial charge in [-0.2, -0.15) is 0 Å². The largest absolute Gasteiger partial charge is 0.497 e. The summed E-state index contributed by atoms with van der Waals surface area (Å²) in [7, 11) is 1.68. The van der Waals surface area contributed by atoms with E-state index in [1.807, 2.05) is 18.2 Å². The lowest BCUT2D eigenvalue weighted by molar-refractivity contribution is 0.414. The maximum Gasteiger partial charge on any atom is 0.166 e. The molecule has 3 nitrogen and oxygen atoms in total. The van der Waals surface area contributed by atoms with E-state index in [4.69, 9.17) is 17.0 Å². The van der Waals surface area contributed by atoms with Gasteiger partial charge in [-0.15, -0.1) is 0 Å². The van der Waals surface area contributed by atoms with Crippen molar-refractivity contribution in [1.82, 2.24) is 10.6 Å². The van der Waals surface area contributed by atoms with E-state index >= 15 is 0 Å². The Morgan fingerprint density at radius 2 is 1.78 bits per heavy atom. The van der Waals surface area contributed by atoms with Gasteiger partial charge in [0.05, 0.1) is 13.2 Å². The Hall–Kier alpha value is -2.07. The zero-order chi connectivity index (χ0) is 16.5. The van der Waals surface area contributed by atoms with E-state index in [1.54, 1.807) is 7.11 Å². The molecule has 122 valence electrons. The van der Waals surface area contributed by atoms with E-state index in [1.165, 1.54) is 11.1 Å². The molecule has 0 aliphatic heterocycles. The van der Waals surface area contributed by atoms with Crippen molar-refractivity contribution in [3.05, 3.63) is 65.7 Å². The highest BCUT2D eigenvalue weighted by molar-refractivity contribution is 7.80. The molecule has 0 fully saturated rings. The van der Waals surface area contributed by atoms with Crippen molar-refractivity contribution < 1.29 is 4.74 Å². The minimum atomic E-state index is 0.206. The molecule has 2 rings (SSSR count). The van der Waals surface area contributed by atoms with Crippen LogP contribution in [0.15, 0.2) is 54.6 Å². The normalized spacial score (nSPS) is 11.6. The molecule has 0 aliphatic carbocycles. The predicted molar refractivity (Wildman–Crippen MR) is 99.9 cm³/mol. The van der Waals surface area contributed by atoms with Crippen LogP contribution in [-0.2, 0) is 6.42 Å². The SMILES string of the molecule is CC[C@@H](NC(=S)NCCc1ccccc1)c1ccc(OC)cc1. The average molecular weight is 328 g/mol. The summed E-state index contributed by atoms with van der Waals surface area (Å²) in [6.45, 7) is 2.98. The van der Waals surface area contributed by atoms with E-state index in [2.05, 4.69) is 54.0 Å². The second-order valence-corrected chi connectivity index (χ2v) is 5.78. The van der Waals surface area contributed by atoms with Gasteiger partial charge in [0, 0.05) is 6.54 Å². The number of thiocarbonyl (C=S) groups is 1. The molecule has 23 heavy (non-hydrogen) atoms. The molecule has 0 bridgehead atoms. The van der Waals surface area contributed by atoms with Gasteiger partial charge in [-0.25, -0.2) is 0 Å². The molecule has 0 heterocycles. The maximum atomic E-state index is 5.41. The molecule has 0 radical (unpaired) electrons. The van der Waals surface area contributed by atoms with Gasteiger partial charge in [0.15, 0.2) is 5.11 Å². The van der Waals surface area contributed by atoms with Crippen molar-refractivity contribution in [1.29, 1.82) is 0 Å². The molecule has 2 N–H and O–H groups in total. The Morgan fingerprint density at radius 1 is 1.09 bits per heavy atom. The molecule has 0 aliphatic rings. The first-order valence-corrected chi connectivity index (χ1v) is 8.36. The van der Waals surface area contributed by atoms with Crippen LogP contribution in [0.2, 0.25) is 0 Å². The standard InChI is InChI=1S/C19H24N2OS/c1-3-18(16-9-11-17(22-2)12-10-16)21-19(23)20-14-13-15-7-5-4-6-8-15/h4-12,18H,3,13-14H2,1-2H3,(H2,20,21,23)/t18-/m1/s1. The van der Waals surface area contributed by atoms with Crippen LogP contribution >= 0.6 is 12.2 Å².